The first-order chi connectivity index (χ1) is 5.62. The van der Waals surface area contributed by atoms with E-state index in [-0.39, 0.29) is 6.16 Å². The first-order valence-corrected chi connectivity index (χ1v) is 5.96. The van der Waals surface area contributed by atoms with E-state index in [2.05, 4.69) is 6.58 Å². The lowest BCUT2D eigenvalue weighted by Gasteiger charge is -2.09. The standard InChI is InChI=1S/C8H17O3P/c1-3-5-6-7-8-12(9,10)11-4-2/h3H,1,4-8H2,2H3,(H,9,10). The Morgan fingerprint density at radius 3 is 2.75 bits per heavy atom. The van der Waals surface area contributed by atoms with Crippen molar-refractivity contribution in [2.45, 2.75) is 26.2 Å². The Labute approximate surface area is 74.0 Å². The van der Waals surface area contributed by atoms with E-state index >= 15 is 0 Å². The molecule has 0 aromatic heterocycles. The predicted octanol–water partition coefficient (Wildman–Crippen LogP) is 2.56. The van der Waals surface area contributed by atoms with E-state index in [1.54, 1.807) is 6.92 Å². The lowest BCUT2D eigenvalue weighted by atomic mass is 10.2. The van der Waals surface area contributed by atoms with Gasteiger partial charge in [-0.05, 0) is 26.2 Å². The van der Waals surface area contributed by atoms with Crippen LogP contribution in [-0.4, -0.2) is 17.7 Å². The van der Waals surface area contributed by atoms with Gasteiger partial charge in [-0.3, -0.25) is 4.57 Å². The minimum atomic E-state index is -3.27. The second-order valence-electron chi connectivity index (χ2n) is 2.56. The molecule has 0 aromatic rings. The average molecular weight is 192 g/mol. The van der Waals surface area contributed by atoms with Gasteiger partial charge in [0.15, 0.2) is 0 Å². The Bertz CT molecular complexity index is 168. The smallest absolute Gasteiger partial charge is 0.324 e. The molecule has 4 heteroatoms. The highest BCUT2D eigenvalue weighted by atomic mass is 31.2. The molecule has 1 unspecified atom stereocenters. The summed E-state index contributed by atoms with van der Waals surface area (Å²) in [5.41, 5.74) is 0. The van der Waals surface area contributed by atoms with Gasteiger partial charge >= 0.3 is 7.60 Å². The number of rotatable bonds is 7. The Morgan fingerprint density at radius 1 is 1.58 bits per heavy atom. The molecule has 0 aliphatic rings. The van der Waals surface area contributed by atoms with E-state index in [0.717, 1.165) is 19.3 Å². The van der Waals surface area contributed by atoms with Gasteiger partial charge in [-0.15, -0.1) is 6.58 Å². The molecular weight excluding hydrogens is 175 g/mol. The monoisotopic (exact) mass is 192 g/mol. The fraction of sp³-hybridized carbons (Fsp3) is 0.750. The van der Waals surface area contributed by atoms with Crippen LogP contribution in [0.3, 0.4) is 0 Å². The molecule has 0 saturated heterocycles. The van der Waals surface area contributed by atoms with E-state index in [9.17, 15) is 4.57 Å². The summed E-state index contributed by atoms with van der Waals surface area (Å²) in [6, 6.07) is 0. The molecule has 1 N–H and O–H groups in total. The number of hydrogen-bond donors (Lipinski definition) is 1. The van der Waals surface area contributed by atoms with Gasteiger partial charge in [0.05, 0.1) is 6.61 Å². The normalized spacial score (nSPS) is 15.5. The average Bonchev–Trinajstić information content (AvgIpc) is 1.98. The van der Waals surface area contributed by atoms with E-state index in [1.165, 1.54) is 0 Å². The third-order valence-electron chi connectivity index (χ3n) is 1.43. The van der Waals surface area contributed by atoms with Crippen molar-refractivity contribution < 1.29 is 14.0 Å². The second-order valence-corrected chi connectivity index (χ2v) is 4.54. The maximum Gasteiger partial charge on any atom is 0.328 e. The van der Waals surface area contributed by atoms with Gasteiger partial charge < -0.3 is 9.42 Å². The minimum absolute atomic E-state index is 0.259. The maximum atomic E-state index is 11.1. The van der Waals surface area contributed by atoms with Crippen molar-refractivity contribution in [1.82, 2.24) is 0 Å². The molecule has 0 spiro atoms. The van der Waals surface area contributed by atoms with Crippen LogP contribution in [0.2, 0.25) is 0 Å². The number of unbranched alkanes of at least 4 members (excludes halogenated alkanes) is 2. The topological polar surface area (TPSA) is 46.5 Å². The largest absolute Gasteiger partial charge is 0.328 e. The summed E-state index contributed by atoms with van der Waals surface area (Å²) in [5, 5.41) is 0. The predicted molar refractivity (Wildman–Crippen MR) is 50.4 cm³/mol. The van der Waals surface area contributed by atoms with Gasteiger partial charge in [-0.2, -0.15) is 0 Å². The zero-order valence-corrected chi connectivity index (χ0v) is 8.43. The van der Waals surface area contributed by atoms with Crippen LogP contribution < -0.4 is 0 Å². The highest BCUT2D eigenvalue weighted by molar-refractivity contribution is 7.52. The van der Waals surface area contributed by atoms with E-state index < -0.39 is 7.60 Å². The molecule has 1 atom stereocenters. The van der Waals surface area contributed by atoms with Crippen LogP contribution in [0.15, 0.2) is 12.7 Å². The Hall–Kier alpha value is -0.110. The van der Waals surface area contributed by atoms with Crippen LogP contribution in [0.25, 0.3) is 0 Å². The summed E-state index contributed by atoms with van der Waals surface area (Å²) in [7, 11) is -3.27. The van der Waals surface area contributed by atoms with Crippen LogP contribution in [0.5, 0.6) is 0 Å². The maximum absolute atomic E-state index is 11.1. The van der Waals surface area contributed by atoms with E-state index in [4.69, 9.17) is 9.42 Å². The van der Waals surface area contributed by atoms with Gasteiger partial charge in [-0.1, -0.05) is 6.08 Å². The van der Waals surface area contributed by atoms with Gasteiger partial charge in [0, 0.05) is 6.16 Å². The fourth-order valence-corrected chi connectivity index (χ4v) is 2.02. The first kappa shape index (κ1) is 11.9. The zero-order chi connectivity index (χ0) is 9.45. The first-order valence-electron chi connectivity index (χ1n) is 4.19. The molecule has 0 amide bonds. The van der Waals surface area contributed by atoms with E-state index in [0.29, 0.717) is 6.61 Å². The minimum Gasteiger partial charge on any atom is -0.324 e. The van der Waals surface area contributed by atoms with Gasteiger partial charge in [0.2, 0.25) is 0 Å². The molecule has 0 aliphatic carbocycles. The number of hydrogen-bond acceptors (Lipinski definition) is 2. The molecule has 0 aromatic carbocycles. The SMILES string of the molecule is C=CCCCCP(=O)(O)OCC. The van der Waals surface area contributed by atoms with Gasteiger partial charge in [0.1, 0.15) is 0 Å². The van der Waals surface area contributed by atoms with Crippen LogP contribution in [0.4, 0.5) is 0 Å². The summed E-state index contributed by atoms with van der Waals surface area (Å²) >= 11 is 0. The third kappa shape index (κ3) is 6.59. The van der Waals surface area contributed by atoms with Crippen molar-refractivity contribution in [1.29, 1.82) is 0 Å². The van der Waals surface area contributed by atoms with Crippen molar-refractivity contribution in [2.75, 3.05) is 12.8 Å². The van der Waals surface area contributed by atoms with Gasteiger partial charge in [0.25, 0.3) is 0 Å². The van der Waals surface area contributed by atoms with Crippen molar-refractivity contribution in [2.24, 2.45) is 0 Å². The summed E-state index contributed by atoms with van der Waals surface area (Å²) in [6.07, 6.45) is 4.59. The summed E-state index contributed by atoms with van der Waals surface area (Å²) < 4.78 is 15.8. The molecule has 0 rings (SSSR count). The van der Waals surface area contributed by atoms with Crippen LogP contribution in [0.1, 0.15) is 26.2 Å². The quantitative estimate of drug-likeness (QED) is 0.383. The highest BCUT2D eigenvalue weighted by Crippen LogP contribution is 2.42. The molecule has 3 nitrogen and oxygen atoms in total. The van der Waals surface area contributed by atoms with Crippen molar-refractivity contribution >= 4 is 7.60 Å². The molecule has 0 fully saturated rings. The fourth-order valence-electron chi connectivity index (χ4n) is 0.867. The molecule has 0 aliphatic heterocycles. The van der Waals surface area contributed by atoms with Crippen molar-refractivity contribution in [3.8, 4) is 0 Å². The molecule has 0 bridgehead atoms. The molecule has 12 heavy (non-hydrogen) atoms. The van der Waals surface area contributed by atoms with Crippen LogP contribution >= 0.6 is 7.60 Å². The molecule has 72 valence electrons. The van der Waals surface area contributed by atoms with Crippen molar-refractivity contribution in [3.63, 3.8) is 0 Å². The lowest BCUT2D eigenvalue weighted by Crippen LogP contribution is -1.94. The van der Waals surface area contributed by atoms with E-state index in [1.807, 2.05) is 6.08 Å². The molecule has 0 heterocycles. The third-order valence-corrected chi connectivity index (χ3v) is 2.97. The second kappa shape index (κ2) is 6.41. The highest BCUT2D eigenvalue weighted by Gasteiger charge is 2.16. The summed E-state index contributed by atoms with van der Waals surface area (Å²) in [5.74, 6) is 0. The summed E-state index contributed by atoms with van der Waals surface area (Å²) in [6.45, 7) is 5.58. The zero-order valence-electron chi connectivity index (χ0n) is 7.53. The Kier molecular flexibility index (Phi) is 6.35. The molecular formula is C8H17O3P. The lowest BCUT2D eigenvalue weighted by molar-refractivity contribution is 0.273. The Morgan fingerprint density at radius 2 is 2.25 bits per heavy atom. The number of allylic oxidation sites excluding steroid dienone is 1. The Balaban J connectivity index is 3.47. The van der Waals surface area contributed by atoms with Crippen LogP contribution in [0, 0.1) is 0 Å². The summed E-state index contributed by atoms with van der Waals surface area (Å²) in [4.78, 5) is 9.12. The van der Waals surface area contributed by atoms with Crippen molar-refractivity contribution in [3.05, 3.63) is 12.7 Å². The molecule has 0 saturated carbocycles. The van der Waals surface area contributed by atoms with Crippen LogP contribution in [-0.2, 0) is 9.09 Å². The molecule has 0 radical (unpaired) electrons. The van der Waals surface area contributed by atoms with Gasteiger partial charge in [-0.25, -0.2) is 0 Å².